The van der Waals surface area contributed by atoms with Crippen molar-refractivity contribution in [2.24, 2.45) is 0 Å². The lowest BCUT2D eigenvalue weighted by atomic mass is 10.00. The number of nitrogens with one attached hydrogen (secondary N) is 1. The maximum atomic E-state index is 12.3. The second-order valence-electron chi connectivity index (χ2n) is 5.44. The first-order valence-electron chi connectivity index (χ1n) is 7.42. The van der Waals surface area contributed by atoms with Gasteiger partial charge in [-0.1, -0.05) is 24.3 Å². The minimum absolute atomic E-state index is 0.00796. The highest BCUT2D eigenvalue weighted by Gasteiger charge is 2.25. The summed E-state index contributed by atoms with van der Waals surface area (Å²) in [5.74, 6) is 0. The molecule has 2 amide bonds. The fourth-order valence-electron chi connectivity index (χ4n) is 2.80. The van der Waals surface area contributed by atoms with Crippen molar-refractivity contribution in [3.63, 3.8) is 0 Å². The fraction of sp³-hybridized carbons (Fsp3) is 0.562. The monoisotopic (exact) mass is 276 g/mol. The summed E-state index contributed by atoms with van der Waals surface area (Å²) in [5, 5.41) is 12.1. The first kappa shape index (κ1) is 14.9. The van der Waals surface area contributed by atoms with Crippen LogP contribution in [-0.4, -0.2) is 35.2 Å². The Morgan fingerprint density at radius 1 is 1.40 bits per heavy atom. The Balaban J connectivity index is 1.91. The lowest BCUT2D eigenvalue weighted by Crippen LogP contribution is -2.48. The van der Waals surface area contributed by atoms with Crippen LogP contribution in [0.5, 0.6) is 0 Å². The minimum Gasteiger partial charge on any atom is -0.396 e. The summed E-state index contributed by atoms with van der Waals surface area (Å²) in [6, 6.07) is 8.26. The van der Waals surface area contributed by atoms with Crippen LogP contribution in [-0.2, 0) is 6.54 Å². The molecular formula is C16H24N2O2. The van der Waals surface area contributed by atoms with Gasteiger partial charge in [-0.3, -0.25) is 0 Å². The third kappa shape index (κ3) is 3.73. The van der Waals surface area contributed by atoms with Crippen molar-refractivity contribution in [3.05, 3.63) is 35.4 Å². The number of hydrogen-bond donors (Lipinski definition) is 2. The van der Waals surface area contributed by atoms with Gasteiger partial charge in [-0.25, -0.2) is 4.79 Å². The predicted octanol–water partition coefficient (Wildman–Crippen LogP) is 2.44. The molecule has 1 aliphatic rings. The molecule has 0 aliphatic carbocycles. The molecule has 110 valence electrons. The number of urea groups is 1. The Bertz CT molecular complexity index is 446. The second-order valence-corrected chi connectivity index (χ2v) is 5.44. The van der Waals surface area contributed by atoms with E-state index in [-0.39, 0.29) is 18.7 Å². The lowest BCUT2D eigenvalue weighted by Gasteiger charge is -2.35. The smallest absolute Gasteiger partial charge is 0.317 e. The lowest BCUT2D eigenvalue weighted by molar-refractivity contribution is 0.131. The molecule has 1 saturated heterocycles. The molecule has 0 spiro atoms. The summed E-state index contributed by atoms with van der Waals surface area (Å²) in [4.78, 5) is 14.2. The van der Waals surface area contributed by atoms with E-state index in [1.54, 1.807) is 0 Å². The van der Waals surface area contributed by atoms with Crippen LogP contribution >= 0.6 is 0 Å². The van der Waals surface area contributed by atoms with Crippen LogP contribution in [0.25, 0.3) is 0 Å². The molecule has 1 heterocycles. The summed E-state index contributed by atoms with van der Waals surface area (Å²) in [7, 11) is 0. The minimum atomic E-state index is -0.00796. The number of aliphatic hydroxyl groups excluding tert-OH is 1. The number of hydrogen-bond acceptors (Lipinski definition) is 2. The van der Waals surface area contributed by atoms with Crippen molar-refractivity contribution in [3.8, 4) is 0 Å². The topological polar surface area (TPSA) is 52.6 Å². The standard InChI is InChI=1S/C16H24N2O2/c1-13-6-2-3-7-14(13)12-17-16(20)18-10-5-4-8-15(18)9-11-19/h2-3,6-7,15,19H,4-5,8-12H2,1H3,(H,17,20). The molecule has 2 N–H and O–H groups in total. The van der Waals surface area contributed by atoms with E-state index in [9.17, 15) is 4.79 Å². The first-order chi connectivity index (χ1) is 9.72. The molecule has 4 heteroatoms. The van der Waals surface area contributed by atoms with E-state index in [2.05, 4.69) is 18.3 Å². The highest BCUT2D eigenvalue weighted by molar-refractivity contribution is 5.74. The van der Waals surface area contributed by atoms with Gasteiger partial charge in [-0.15, -0.1) is 0 Å². The summed E-state index contributed by atoms with van der Waals surface area (Å²) < 4.78 is 0. The van der Waals surface area contributed by atoms with Gasteiger partial charge in [0.1, 0.15) is 0 Å². The summed E-state index contributed by atoms with van der Waals surface area (Å²) in [6.45, 7) is 3.56. The Kier molecular flexibility index (Phi) is 5.41. The highest BCUT2D eigenvalue weighted by atomic mass is 16.3. The molecule has 1 fully saturated rings. The Hall–Kier alpha value is -1.55. The summed E-state index contributed by atoms with van der Waals surface area (Å²) >= 11 is 0. The van der Waals surface area contributed by atoms with Crippen molar-refractivity contribution in [1.29, 1.82) is 0 Å². The molecule has 0 aromatic heterocycles. The molecule has 4 nitrogen and oxygen atoms in total. The maximum Gasteiger partial charge on any atom is 0.317 e. The third-order valence-electron chi connectivity index (χ3n) is 4.04. The average Bonchev–Trinajstić information content (AvgIpc) is 2.47. The maximum absolute atomic E-state index is 12.3. The highest BCUT2D eigenvalue weighted by Crippen LogP contribution is 2.19. The zero-order chi connectivity index (χ0) is 14.4. The molecule has 2 rings (SSSR count). The molecule has 0 bridgehead atoms. The number of aliphatic hydroxyl groups is 1. The number of aryl methyl sites for hydroxylation is 1. The largest absolute Gasteiger partial charge is 0.396 e. The summed E-state index contributed by atoms with van der Waals surface area (Å²) in [5.41, 5.74) is 2.34. The van der Waals surface area contributed by atoms with Crippen LogP contribution in [0.1, 0.15) is 36.8 Å². The SMILES string of the molecule is Cc1ccccc1CNC(=O)N1CCCCC1CCO. The van der Waals surface area contributed by atoms with Crippen molar-refractivity contribution in [2.45, 2.75) is 45.2 Å². The zero-order valence-electron chi connectivity index (χ0n) is 12.1. The van der Waals surface area contributed by atoms with Gasteiger partial charge in [0.05, 0.1) is 0 Å². The fourth-order valence-corrected chi connectivity index (χ4v) is 2.80. The van der Waals surface area contributed by atoms with E-state index in [0.717, 1.165) is 31.4 Å². The quantitative estimate of drug-likeness (QED) is 0.887. The number of carbonyl (C=O) groups is 1. The Morgan fingerprint density at radius 3 is 2.95 bits per heavy atom. The molecule has 1 unspecified atom stereocenters. The van der Waals surface area contributed by atoms with Crippen LogP contribution in [0.3, 0.4) is 0 Å². The van der Waals surface area contributed by atoms with Crippen molar-refractivity contribution in [1.82, 2.24) is 10.2 Å². The van der Waals surface area contributed by atoms with E-state index < -0.39 is 0 Å². The normalized spacial score (nSPS) is 18.9. The van der Waals surface area contributed by atoms with Gasteiger partial charge in [0.25, 0.3) is 0 Å². The van der Waals surface area contributed by atoms with Crippen molar-refractivity contribution >= 4 is 6.03 Å². The molecule has 1 aliphatic heterocycles. The van der Waals surface area contributed by atoms with Crippen molar-refractivity contribution in [2.75, 3.05) is 13.2 Å². The molecule has 1 atom stereocenters. The predicted molar refractivity (Wildman–Crippen MR) is 79.5 cm³/mol. The Labute approximate surface area is 120 Å². The zero-order valence-corrected chi connectivity index (χ0v) is 12.1. The first-order valence-corrected chi connectivity index (χ1v) is 7.42. The van der Waals surface area contributed by atoms with E-state index in [1.165, 1.54) is 5.56 Å². The van der Waals surface area contributed by atoms with Gasteiger partial charge in [-0.2, -0.15) is 0 Å². The summed E-state index contributed by atoms with van der Waals surface area (Å²) in [6.07, 6.45) is 3.88. The molecule has 0 radical (unpaired) electrons. The van der Waals surface area contributed by atoms with E-state index in [1.807, 2.05) is 23.1 Å². The van der Waals surface area contributed by atoms with Gasteiger partial charge in [0.15, 0.2) is 0 Å². The molecule has 20 heavy (non-hydrogen) atoms. The molecule has 1 aromatic rings. The van der Waals surface area contributed by atoms with Crippen molar-refractivity contribution < 1.29 is 9.90 Å². The Morgan fingerprint density at radius 2 is 2.20 bits per heavy atom. The van der Waals surface area contributed by atoms with E-state index in [4.69, 9.17) is 5.11 Å². The van der Waals surface area contributed by atoms with Crippen LogP contribution in [0.15, 0.2) is 24.3 Å². The van der Waals surface area contributed by atoms with E-state index >= 15 is 0 Å². The third-order valence-corrected chi connectivity index (χ3v) is 4.04. The van der Waals surface area contributed by atoms with Crippen LogP contribution in [0.4, 0.5) is 4.79 Å². The second kappa shape index (κ2) is 7.29. The van der Waals surface area contributed by atoms with E-state index in [0.29, 0.717) is 13.0 Å². The van der Waals surface area contributed by atoms with Gasteiger partial charge in [-0.05, 0) is 43.7 Å². The number of rotatable bonds is 4. The number of benzene rings is 1. The average molecular weight is 276 g/mol. The van der Waals surface area contributed by atoms with Gasteiger partial charge in [0.2, 0.25) is 0 Å². The number of carbonyl (C=O) groups excluding carboxylic acids is 1. The number of nitrogens with zero attached hydrogens (tertiary/aromatic N) is 1. The van der Waals surface area contributed by atoms with Crippen LogP contribution < -0.4 is 5.32 Å². The number of amides is 2. The molecule has 0 saturated carbocycles. The molecule has 1 aromatic carbocycles. The van der Waals surface area contributed by atoms with Gasteiger partial charge in [0, 0.05) is 25.7 Å². The number of piperidine rings is 1. The number of likely N-dealkylation sites (tertiary alicyclic amines) is 1. The van der Waals surface area contributed by atoms with Gasteiger partial charge >= 0.3 is 6.03 Å². The van der Waals surface area contributed by atoms with Gasteiger partial charge < -0.3 is 15.3 Å². The van der Waals surface area contributed by atoms with Crippen LogP contribution in [0.2, 0.25) is 0 Å². The van der Waals surface area contributed by atoms with Crippen LogP contribution in [0, 0.1) is 6.92 Å². The molecular weight excluding hydrogens is 252 g/mol.